The SMILES string of the molecule is COC(=O)c1ccncc1CC[C@@H]1CCCc2cc(S(=O)(=O)c3cccc(C)c3)ccc21.COC(=O)c1ccncc1CC[C@H]1CCCc2cc(S(=O)(=O)c3cccc(C)c3)ccc21. The van der Waals surface area contributed by atoms with E-state index in [4.69, 9.17) is 9.47 Å². The minimum Gasteiger partial charge on any atom is -0.465 e. The van der Waals surface area contributed by atoms with Crippen LogP contribution in [0.15, 0.2) is 141 Å². The van der Waals surface area contributed by atoms with E-state index in [9.17, 15) is 26.4 Å². The van der Waals surface area contributed by atoms with Crippen molar-refractivity contribution in [2.75, 3.05) is 14.2 Å². The molecule has 0 amide bonds. The highest BCUT2D eigenvalue weighted by molar-refractivity contribution is 7.91. The number of hydrogen-bond donors (Lipinski definition) is 0. The molecule has 12 heteroatoms. The summed E-state index contributed by atoms with van der Waals surface area (Å²) in [6, 6.07) is 28.6. The molecule has 0 spiro atoms. The molecule has 2 aromatic heterocycles. The molecule has 0 saturated heterocycles. The second-order valence-corrected chi connectivity index (χ2v) is 20.6. The first-order valence-corrected chi connectivity index (χ1v) is 24.7. The fourth-order valence-electron chi connectivity index (χ4n) is 9.08. The Morgan fingerprint density at radius 2 is 0.969 bits per heavy atom. The van der Waals surface area contributed by atoms with E-state index in [-0.39, 0.29) is 11.9 Å². The van der Waals surface area contributed by atoms with Gasteiger partial charge in [0.2, 0.25) is 19.7 Å². The molecule has 2 aliphatic carbocycles. The molecule has 0 aliphatic heterocycles. The quantitative estimate of drug-likeness (QED) is 0.109. The number of ether oxygens (including phenoxy) is 2. The van der Waals surface area contributed by atoms with Crippen molar-refractivity contribution >= 4 is 31.6 Å². The van der Waals surface area contributed by atoms with Crippen molar-refractivity contribution in [2.45, 2.75) is 109 Å². The molecule has 6 aromatic rings. The molecule has 2 atom stereocenters. The summed E-state index contributed by atoms with van der Waals surface area (Å²) in [5.41, 5.74) is 9.35. The van der Waals surface area contributed by atoms with Gasteiger partial charge >= 0.3 is 11.9 Å². The first-order valence-electron chi connectivity index (χ1n) is 21.7. The molecule has 0 N–H and O–H groups in total. The lowest BCUT2D eigenvalue weighted by Crippen LogP contribution is -2.13. The summed E-state index contributed by atoms with van der Waals surface area (Å²) in [5.74, 6) is -0.0600. The van der Waals surface area contributed by atoms with Gasteiger partial charge in [-0.05, 0) is 195 Å². The fraction of sp³-hybridized carbons (Fsp3) is 0.308. The van der Waals surface area contributed by atoms with E-state index in [1.54, 1.807) is 85.5 Å². The number of fused-ring (bicyclic) bond motifs is 2. The predicted octanol–water partition coefficient (Wildman–Crippen LogP) is 10.1. The maximum absolute atomic E-state index is 13.1. The molecule has 2 heterocycles. The summed E-state index contributed by atoms with van der Waals surface area (Å²) in [6.45, 7) is 3.79. The number of methoxy groups -OCH3 is 2. The third kappa shape index (κ3) is 10.3. The molecule has 10 nitrogen and oxygen atoms in total. The van der Waals surface area contributed by atoms with Crippen LogP contribution in [-0.4, -0.2) is 53.0 Å². The second kappa shape index (κ2) is 20.2. The third-order valence-corrected chi connectivity index (χ3v) is 16.0. The van der Waals surface area contributed by atoms with Crippen LogP contribution >= 0.6 is 0 Å². The van der Waals surface area contributed by atoms with Crippen LogP contribution in [0, 0.1) is 13.8 Å². The molecule has 0 fully saturated rings. The molecule has 0 unspecified atom stereocenters. The average Bonchev–Trinajstić information content (AvgIpc) is 3.32. The van der Waals surface area contributed by atoms with E-state index >= 15 is 0 Å². The van der Waals surface area contributed by atoms with Crippen molar-refractivity contribution in [2.24, 2.45) is 0 Å². The smallest absolute Gasteiger partial charge is 0.338 e. The number of sulfone groups is 2. The number of aromatic nitrogens is 2. The van der Waals surface area contributed by atoms with Gasteiger partial charge in [0.25, 0.3) is 0 Å². The first-order chi connectivity index (χ1) is 30.8. The maximum atomic E-state index is 13.1. The first kappa shape index (κ1) is 46.0. The van der Waals surface area contributed by atoms with Crippen LogP contribution in [0.25, 0.3) is 0 Å². The van der Waals surface area contributed by atoms with Crippen molar-refractivity contribution in [3.63, 3.8) is 0 Å². The molecule has 0 saturated carbocycles. The summed E-state index contributed by atoms with van der Waals surface area (Å²) < 4.78 is 62.4. The van der Waals surface area contributed by atoms with Crippen LogP contribution in [0.5, 0.6) is 0 Å². The molecule has 8 rings (SSSR count). The number of benzene rings is 4. The van der Waals surface area contributed by atoms with E-state index < -0.39 is 19.7 Å². The van der Waals surface area contributed by atoms with Crippen molar-refractivity contribution in [1.29, 1.82) is 0 Å². The molecular formula is C52H54N2O8S2. The molecular weight excluding hydrogens is 845 g/mol. The van der Waals surface area contributed by atoms with Gasteiger partial charge in [-0.3, -0.25) is 9.97 Å². The summed E-state index contributed by atoms with van der Waals surface area (Å²) in [4.78, 5) is 33.8. The Labute approximate surface area is 377 Å². The second-order valence-electron chi connectivity index (χ2n) is 16.7. The third-order valence-electron chi connectivity index (χ3n) is 12.5. The van der Waals surface area contributed by atoms with Gasteiger partial charge in [-0.2, -0.15) is 0 Å². The number of esters is 2. The van der Waals surface area contributed by atoms with E-state index in [1.165, 1.54) is 25.3 Å². The molecule has 4 aromatic carbocycles. The molecule has 332 valence electrons. The van der Waals surface area contributed by atoms with E-state index in [1.807, 2.05) is 50.2 Å². The van der Waals surface area contributed by atoms with E-state index in [0.29, 0.717) is 55.4 Å². The van der Waals surface area contributed by atoms with Crippen LogP contribution in [0.3, 0.4) is 0 Å². The summed E-state index contributed by atoms with van der Waals surface area (Å²) in [6.07, 6.45) is 15.7. The molecule has 0 bridgehead atoms. The highest BCUT2D eigenvalue weighted by atomic mass is 32.2. The highest BCUT2D eigenvalue weighted by Crippen LogP contribution is 2.39. The Hall–Kier alpha value is -5.98. The Balaban J connectivity index is 0.000000191. The van der Waals surface area contributed by atoms with Crippen LogP contribution in [0.4, 0.5) is 0 Å². The van der Waals surface area contributed by atoms with E-state index in [2.05, 4.69) is 9.97 Å². The van der Waals surface area contributed by atoms with Gasteiger partial charge in [-0.1, -0.05) is 36.4 Å². The zero-order valence-electron chi connectivity index (χ0n) is 36.7. The lowest BCUT2D eigenvalue weighted by Gasteiger charge is -2.26. The number of nitrogens with zero attached hydrogens (tertiary/aromatic N) is 2. The van der Waals surface area contributed by atoms with Crippen molar-refractivity contribution in [3.8, 4) is 0 Å². The number of aryl methyl sites for hydroxylation is 6. The monoisotopic (exact) mass is 898 g/mol. The number of carbonyl (C=O) groups excluding carboxylic acids is 2. The summed E-state index contributed by atoms with van der Waals surface area (Å²) in [5, 5.41) is 0. The van der Waals surface area contributed by atoms with Crippen LogP contribution < -0.4 is 0 Å². The maximum Gasteiger partial charge on any atom is 0.338 e. The van der Waals surface area contributed by atoms with Gasteiger partial charge in [-0.15, -0.1) is 0 Å². The van der Waals surface area contributed by atoms with Gasteiger partial charge in [-0.25, -0.2) is 26.4 Å². The fourth-order valence-corrected chi connectivity index (χ4v) is 11.9. The lowest BCUT2D eigenvalue weighted by molar-refractivity contribution is 0.0590. The van der Waals surface area contributed by atoms with Gasteiger partial charge < -0.3 is 9.47 Å². The Kier molecular flexibility index (Phi) is 14.6. The van der Waals surface area contributed by atoms with Gasteiger partial charge in [0, 0.05) is 24.8 Å². The number of carbonyl (C=O) groups is 2. The van der Waals surface area contributed by atoms with Crippen molar-refractivity contribution < 1.29 is 35.9 Å². The topological polar surface area (TPSA) is 147 Å². The van der Waals surface area contributed by atoms with Crippen molar-refractivity contribution in [3.05, 3.63) is 177 Å². The molecule has 64 heavy (non-hydrogen) atoms. The summed E-state index contributed by atoms with van der Waals surface area (Å²) in [7, 11) is -4.33. The zero-order chi connectivity index (χ0) is 45.4. The number of pyridine rings is 2. The Morgan fingerprint density at radius 1 is 0.562 bits per heavy atom. The Bertz CT molecular complexity index is 2700. The van der Waals surface area contributed by atoms with E-state index in [0.717, 1.165) is 84.7 Å². The predicted molar refractivity (Wildman–Crippen MR) is 245 cm³/mol. The zero-order valence-corrected chi connectivity index (χ0v) is 38.4. The van der Waals surface area contributed by atoms with Crippen molar-refractivity contribution in [1.82, 2.24) is 9.97 Å². The van der Waals surface area contributed by atoms with Crippen LogP contribution in [0.1, 0.15) is 116 Å². The van der Waals surface area contributed by atoms with Gasteiger partial charge in [0.1, 0.15) is 0 Å². The minimum absolute atomic E-state index is 0.320. The normalized spacial score (nSPS) is 15.8. The number of rotatable bonds is 12. The molecule has 0 radical (unpaired) electrons. The van der Waals surface area contributed by atoms with Gasteiger partial charge in [0.15, 0.2) is 0 Å². The van der Waals surface area contributed by atoms with Crippen LogP contribution in [-0.2, 0) is 54.8 Å². The molecule has 2 aliphatic rings. The average molecular weight is 899 g/mol. The lowest BCUT2D eigenvalue weighted by atomic mass is 9.80. The van der Waals surface area contributed by atoms with Gasteiger partial charge in [0.05, 0.1) is 44.9 Å². The standard InChI is InChI=1S/2C26H27NO4S/c2*1-18-5-3-8-22(15-18)32(29,30)23-11-12-24-19(6-4-7-20(24)16-23)9-10-21-17-27-14-13-25(21)26(28)31-2/h2*3,5,8,11-17,19H,4,6-7,9-10H2,1-2H3/t2*19-/m10/s1. The highest BCUT2D eigenvalue weighted by Gasteiger charge is 2.27. The summed E-state index contributed by atoms with van der Waals surface area (Å²) >= 11 is 0. The minimum atomic E-state index is -3.55. The number of hydrogen-bond acceptors (Lipinski definition) is 10. The van der Waals surface area contributed by atoms with Crippen LogP contribution in [0.2, 0.25) is 0 Å². The largest absolute Gasteiger partial charge is 0.465 e. The Morgan fingerprint density at radius 3 is 1.36 bits per heavy atom.